The minimum Gasteiger partial charge on any atom is -0.379 e. The molecule has 0 saturated carbocycles. The maximum Gasteiger partial charge on any atom is 0.0599 e. The highest BCUT2D eigenvalue weighted by Gasteiger charge is 2.09. The van der Waals surface area contributed by atoms with E-state index >= 15 is 0 Å². The Kier molecular flexibility index (Phi) is 1.90. The second kappa shape index (κ2) is 3.05. The summed E-state index contributed by atoms with van der Waals surface area (Å²) in [4.78, 5) is 2.27. The van der Waals surface area contributed by atoms with Crippen molar-refractivity contribution in [2.24, 2.45) is 0 Å². The molecule has 1 aromatic carbocycles. The number of hydrogen-bond donors (Lipinski definition) is 1. The minimum atomic E-state index is 1.09. The predicted octanol–water partition coefficient (Wildman–Crippen LogP) is 2.10. The van der Waals surface area contributed by atoms with Gasteiger partial charge in [-0.3, -0.25) is 0 Å². The molecule has 0 saturated heterocycles. The quantitative estimate of drug-likeness (QED) is 0.627. The van der Waals surface area contributed by atoms with Gasteiger partial charge in [-0.25, -0.2) is 0 Å². The first-order valence-corrected chi connectivity index (χ1v) is 4.26. The monoisotopic (exact) mass is 161 g/mol. The van der Waals surface area contributed by atoms with E-state index in [1.54, 1.807) is 0 Å². The second-order valence-electron chi connectivity index (χ2n) is 3.08. The van der Waals surface area contributed by atoms with Gasteiger partial charge in [0.05, 0.1) is 11.4 Å². The Morgan fingerprint density at radius 2 is 2.17 bits per heavy atom. The molecule has 2 nitrogen and oxygen atoms in total. The van der Waals surface area contributed by atoms with Crippen molar-refractivity contribution >= 4 is 11.4 Å². The minimum absolute atomic E-state index is 1.09. The molecule has 0 atom stereocenters. The highest BCUT2D eigenvalue weighted by atomic mass is 15.1. The molecule has 2 rings (SSSR count). The largest absolute Gasteiger partial charge is 0.379 e. The Hall–Kier alpha value is -1.18. The fourth-order valence-electron chi connectivity index (χ4n) is 1.49. The summed E-state index contributed by atoms with van der Waals surface area (Å²) < 4.78 is 0. The number of anilines is 2. The molecular weight excluding hydrogens is 148 g/mol. The average Bonchev–Trinajstić information content (AvgIpc) is 2.29. The van der Waals surface area contributed by atoms with Gasteiger partial charge in [0.25, 0.3) is 0 Å². The normalized spacial score (nSPS) is 16.2. The van der Waals surface area contributed by atoms with Gasteiger partial charge in [0, 0.05) is 20.1 Å². The van der Waals surface area contributed by atoms with Crippen molar-refractivity contribution in [3.05, 3.63) is 30.8 Å². The van der Waals surface area contributed by atoms with Gasteiger partial charge in [-0.2, -0.15) is 0 Å². The molecule has 1 N–H and O–H groups in total. The van der Waals surface area contributed by atoms with Gasteiger partial charge in [0.2, 0.25) is 0 Å². The average molecular weight is 161 g/mol. The molecule has 0 spiro atoms. The van der Waals surface area contributed by atoms with Crippen LogP contribution in [-0.4, -0.2) is 13.6 Å². The highest BCUT2D eigenvalue weighted by Crippen LogP contribution is 2.27. The van der Waals surface area contributed by atoms with Crippen molar-refractivity contribution in [1.29, 1.82) is 0 Å². The van der Waals surface area contributed by atoms with Gasteiger partial charge < -0.3 is 10.2 Å². The van der Waals surface area contributed by atoms with E-state index < -0.39 is 0 Å². The Morgan fingerprint density at radius 3 is 3.08 bits per heavy atom. The van der Waals surface area contributed by atoms with Crippen LogP contribution < -0.4 is 10.2 Å². The summed E-state index contributed by atoms with van der Waals surface area (Å²) in [6.07, 6.45) is 1.09. The number of fused-ring (bicyclic) bond motifs is 1. The van der Waals surface area contributed by atoms with Crippen LogP contribution in [0.2, 0.25) is 0 Å². The zero-order chi connectivity index (χ0) is 8.39. The lowest BCUT2D eigenvalue weighted by Crippen LogP contribution is -2.16. The molecule has 1 aliphatic heterocycles. The molecule has 0 aliphatic carbocycles. The summed E-state index contributed by atoms with van der Waals surface area (Å²) in [7, 11) is 2.12. The third kappa shape index (κ3) is 1.24. The highest BCUT2D eigenvalue weighted by molar-refractivity contribution is 5.71. The van der Waals surface area contributed by atoms with Gasteiger partial charge in [0.1, 0.15) is 0 Å². The molecule has 63 valence electrons. The van der Waals surface area contributed by atoms with Gasteiger partial charge in [-0.15, -0.1) is 0 Å². The molecule has 0 amide bonds. The Morgan fingerprint density at radius 1 is 1.33 bits per heavy atom. The topological polar surface area (TPSA) is 15.3 Å². The van der Waals surface area contributed by atoms with Gasteiger partial charge >= 0.3 is 0 Å². The standard InChI is InChI=1S/C10H13N2/c1-12-8-4-7-11-9-5-2-3-6-10(9)12/h2-3,5-7,11H,4,8H2,1H3. The molecule has 0 unspecified atom stereocenters. The number of benzene rings is 1. The van der Waals surface area contributed by atoms with Crippen LogP contribution in [0.5, 0.6) is 0 Å². The molecule has 1 aromatic rings. The summed E-state index contributed by atoms with van der Waals surface area (Å²) in [5, 5.41) is 3.29. The van der Waals surface area contributed by atoms with Gasteiger partial charge in [-0.1, -0.05) is 12.1 Å². The number of hydrogen-bond acceptors (Lipinski definition) is 2. The van der Waals surface area contributed by atoms with Crippen molar-refractivity contribution in [3.63, 3.8) is 0 Å². The van der Waals surface area contributed by atoms with Crippen LogP contribution in [0, 0.1) is 6.54 Å². The van der Waals surface area contributed by atoms with Crippen molar-refractivity contribution in [3.8, 4) is 0 Å². The summed E-state index contributed by atoms with van der Waals surface area (Å²) >= 11 is 0. The smallest absolute Gasteiger partial charge is 0.0599 e. The van der Waals surface area contributed by atoms with Crippen molar-refractivity contribution < 1.29 is 0 Å². The molecule has 12 heavy (non-hydrogen) atoms. The van der Waals surface area contributed by atoms with Crippen LogP contribution in [0.15, 0.2) is 24.3 Å². The van der Waals surface area contributed by atoms with Crippen molar-refractivity contribution in [2.45, 2.75) is 6.42 Å². The SMILES string of the molecule is CN1CC[CH]Nc2ccccc21. The summed E-state index contributed by atoms with van der Waals surface area (Å²) in [6, 6.07) is 8.37. The van der Waals surface area contributed by atoms with Crippen molar-refractivity contribution in [2.75, 3.05) is 23.8 Å². The van der Waals surface area contributed by atoms with Gasteiger partial charge in [0.15, 0.2) is 0 Å². The Balaban J connectivity index is 2.39. The first-order chi connectivity index (χ1) is 5.88. The number of rotatable bonds is 0. The lowest BCUT2D eigenvalue weighted by Gasteiger charge is -2.17. The van der Waals surface area contributed by atoms with Crippen LogP contribution in [-0.2, 0) is 0 Å². The molecule has 2 heteroatoms. The zero-order valence-corrected chi connectivity index (χ0v) is 7.25. The molecule has 1 aliphatic rings. The number of nitrogens with one attached hydrogen (secondary N) is 1. The van der Waals surface area contributed by atoms with E-state index in [0.717, 1.165) is 13.0 Å². The zero-order valence-electron chi connectivity index (χ0n) is 7.25. The lowest BCUT2D eigenvalue weighted by atomic mass is 10.2. The molecule has 0 aromatic heterocycles. The number of para-hydroxylation sites is 2. The summed E-state index contributed by atoms with van der Waals surface area (Å²) in [5.41, 5.74) is 2.49. The first kappa shape index (κ1) is 7.47. The van der Waals surface area contributed by atoms with E-state index in [-0.39, 0.29) is 0 Å². The van der Waals surface area contributed by atoms with Crippen LogP contribution in [0.4, 0.5) is 11.4 Å². The molecule has 0 bridgehead atoms. The third-order valence-electron chi connectivity index (χ3n) is 2.18. The second-order valence-corrected chi connectivity index (χ2v) is 3.08. The number of nitrogens with zero attached hydrogens (tertiary/aromatic N) is 1. The molecule has 1 heterocycles. The fraction of sp³-hybridized carbons (Fsp3) is 0.300. The fourth-order valence-corrected chi connectivity index (χ4v) is 1.49. The van der Waals surface area contributed by atoms with Crippen LogP contribution >= 0.6 is 0 Å². The van der Waals surface area contributed by atoms with Crippen LogP contribution in [0.3, 0.4) is 0 Å². The Bertz CT molecular complexity index is 270. The lowest BCUT2D eigenvalue weighted by molar-refractivity contribution is 0.885. The Labute approximate surface area is 73.2 Å². The van der Waals surface area contributed by atoms with E-state index in [9.17, 15) is 0 Å². The van der Waals surface area contributed by atoms with Crippen LogP contribution in [0.25, 0.3) is 0 Å². The third-order valence-corrected chi connectivity index (χ3v) is 2.18. The summed E-state index contributed by atoms with van der Waals surface area (Å²) in [5.74, 6) is 0. The predicted molar refractivity (Wildman–Crippen MR) is 52.3 cm³/mol. The van der Waals surface area contributed by atoms with E-state index in [4.69, 9.17) is 0 Å². The van der Waals surface area contributed by atoms with E-state index in [0.29, 0.717) is 0 Å². The van der Waals surface area contributed by atoms with E-state index in [1.165, 1.54) is 11.4 Å². The van der Waals surface area contributed by atoms with Crippen LogP contribution in [0.1, 0.15) is 6.42 Å². The first-order valence-electron chi connectivity index (χ1n) is 4.26. The van der Waals surface area contributed by atoms with Crippen molar-refractivity contribution in [1.82, 2.24) is 0 Å². The maximum atomic E-state index is 3.29. The molecule has 1 radical (unpaired) electrons. The van der Waals surface area contributed by atoms with E-state index in [2.05, 4.69) is 48.1 Å². The molecule has 0 fully saturated rings. The summed E-state index contributed by atoms with van der Waals surface area (Å²) in [6.45, 7) is 3.20. The molecular formula is C10H13N2. The van der Waals surface area contributed by atoms with E-state index in [1.807, 2.05) is 0 Å². The maximum absolute atomic E-state index is 3.29. The van der Waals surface area contributed by atoms with Gasteiger partial charge in [-0.05, 0) is 18.6 Å².